The summed E-state index contributed by atoms with van der Waals surface area (Å²) in [6.45, 7) is 1.75. The highest BCUT2D eigenvalue weighted by Gasteiger charge is 2.71. The monoisotopic (exact) mass is 710 g/mol. The lowest BCUT2D eigenvalue weighted by Crippen LogP contribution is -2.59. The average molecular weight is 711 g/mol. The molecule has 22 heteroatoms. The molecular formula is C23H28F6N6O7S3. The third-order valence-corrected chi connectivity index (χ3v) is 10.5. The molecule has 1 aliphatic heterocycles. The molecule has 252 valence electrons. The number of hydrogen-bond acceptors (Lipinski definition) is 11. The van der Waals surface area contributed by atoms with Crippen molar-refractivity contribution in [3.8, 4) is 0 Å². The number of hydrogen-bond donors (Lipinski definition) is 2. The predicted molar refractivity (Wildman–Crippen MR) is 150 cm³/mol. The summed E-state index contributed by atoms with van der Waals surface area (Å²) in [5.41, 5.74) is -7.57. The molecule has 0 spiro atoms. The van der Waals surface area contributed by atoms with Crippen molar-refractivity contribution in [3.05, 3.63) is 46.3 Å². The molecule has 3 rings (SSSR count). The van der Waals surface area contributed by atoms with Crippen LogP contribution < -0.4 is 4.90 Å². The van der Waals surface area contributed by atoms with E-state index in [9.17, 15) is 58.4 Å². The maximum atomic E-state index is 13.6. The normalized spacial score (nSPS) is 17.7. The van der Waals surface area contributed by atoms with Gasteiger partial charge in [-0.25, -0.2) is 26.8 Å². The van der Waals surface area contributed by atoms with Crippen molar-refractivity contribution in [2.45, 2.75) is 47.6 Å². The molecule has 1 atom stereocenters. The van der Waals surface area contributed by atoms with Crippen LogP contribution in [0.15, 0.2) is 40.4 Å². The van der Waals surface area contributed by atoms with E-state index in [0.29, 0.717) is 0 Å². The Morgan fingerprint density at radius 2 is 1.64 bits per heavy atom. The Bertz CT molecular complexity index is 1610. The van der Waals surface area contributed by atoms with Crippen molar-refractivity contribution in [2.24, 2.45) is 5.92 Å². The minimum absolute atomic E-state index is 0.0361. The number of nitro benzene ring substituents is 1. The van der Waals surface area contributed by atoms with Gasteiger partial charge >= 0.3 is 12.4 Å². The van der Waals surface area contributed by atoms with Crippen LogP contribution in [0, 0.1) is 16.0 Å². The zero-order valence-corrected chi connectivity index (χ0v) is 26.2. The molecule has 2 aromatic rings. The highest BCUT2D eigenvalue weighted by Crippen LogP contribution is 2.49. The summed E-state index contributed by atoms with van der Waals surface area (Å²) in [5, 5.41) is 20.9. The number of halogens is 6. The van der Waals surface area contributed by atoms with Crippen LogP contribution in [0.2, 0.25) is 0 Å². The molecule has 0 aliphatic carbocycles. The Labute approximate surface area is 259 Å². The fourth-order valence-corrected chi connectivity index (χ4v) is 7.63. The van der Waals surface area contributed by atoms with Gasteiger partial charge in [-0.2, -0.15) is 35.0 Å². The van der Waals surface area contributed by atoms with Gasteiger partial charge in [-0.05, 0) is 12.0 Å². The molecule has 1 fully saturated rings. The first-order valence-corrected chi connectivity index (χ1v) is 16.5. The molecule has 1 aromatic carbocycles. The van der Waals surface area contributed by atoms with E-state index in [1.165, 1.54) is 4.90 Å². The Morgan fingerprint density at radius 3 is 2.11 bits per heavy atom. The van der Waals surface area contributed by atoms with Gasteiger partial charge in [0.2, 0.25) is 26.0 Å². The van der Waals surface area contributed by atoms with E-state index in [1.807, 2.05) is 0 Å². The van der Waals surface area contributed by atoms with Crippen LogP contribution in [0.4, 0.5) is 38.0 Å². The summed E-state index contributed by atoms with van der Waals surface area (Å²) in [6, 6.07) is 1.79. The second kappa shape index (κ2) is 12.8. The second-order valence-electron chi connectivity index (χ2n) is 10.6. The Kier molecular flexibility index (Phi) is 10.4. The van der Waals surface area contributed by atoms with Crippen molar-refractivity contribution in [1.82, 2.24) is 18.6 Å². The van der Waals surface area contributed by atoms with E-state index in [1.54, 1.807) is 13.8 Å². The lowest BCUT2D eigenvalue weighted by atomic mass is 9.95. The van der Waals surface area contributed by atoms with E-state index < -0.39 is 84.1 Å². The summed E-state index contributed by atoms with van der Waals surface area (Å²) in [4.78, 5) is 18.2. The van der Waals surface area contributed by atoms with Gasteiger partial charge in [0.1, 0.15) is 4.90 Å². The first-order chi connectivity index (χ1) is 20.4. The lowest BCUT2D eigenvalue weighted by molar-refractivity contribution is -0.385. The number of nitrogens with zero attached hydrogens (tertiary/aromatic N) is 6. The van der Waals surface area contributed by atoms with Gasteiger partial charge in [-0.1, -0.05) is 13.8 Å². The van der Waals surface area contributed by atoms with Crippen molar-refractivity contribution >= 4 is 44.3 Å². The standard InChI is InChI=1S/C23H28F6N6O7S3/c1-14(2)11-33(44(3,39)40)13-17-12-32(45(41,42)19-8-16(35(37)38)4-5-18(19)43)6-7-34(17)20-30-9-15(10-31-20)21(36,22(24,25)26)23(27,28)29/h4-5,8-10,14,17,36,43H,6-7,11-13H2,1-3H3/t17-/m1/s1. The van der Waals surface area contributed by atoms with E-state index in [4.69, 9.17) is 0 Å². The Morgan fingerprint density at radius 1 is 1.09 bits per heavy atom. The highest BCUT2D eigenvalue weighted by atomic mass is 32.2. The number of piperazine rings is 1. The van der Waals surface area contributed by atoms with Crippen LogP contribution in [0.5, 0.6) is 0 Å². The van der Waals surface area contributed by atoms with Crippen molar-refractivity contribution in [3.63, 3.8) is 0 Å². The van der Waals surface area contributed by atoms with Crippen molar-refractivity contribution < 1.29 is 53.2 Å². The molecule has 0 unspecified atom stereocenters. The molecule has 0 amide bonds. The molecule has 45 heavy (non-hydrogen) atoms. The maximum Gasteiger partial charge on any atom is 0.430 e. The quantitative estimate of drug-likeness (QED) is 0.162. The fraction of sp³-hybridized carbons (Fsp3) is 0.565. The second-order valence-corrected chi connectivity index (χ2v) is 14.9. The third-order valence-electron chi connectivity index (χ3n) is 6.80. The number of anilines is 1. The molecule has 1 saturated heterocycles. The molecular weight excluding hydrogens is 682 g/mol. The first kappa shape index (κ1) is 36.7. The van der Waals surface area contributed by atoms with Crippen LogP contribution in [-0.4, -0.2) is 103 Å². The zero-order valence-electron chi connectivity index (χ0n) is 23.7. The smallest absolute Gasteiger partial charge is 0.369 e. The zero-order chi connectivity index (χ0) is 34.3. The summed E-state index contributed by atoms with van der Waals surface area (Å²) in [5.74, 6) is -0.693. The number of benzene rings is 1. The van der Waals surface area contributed by atoms with E-state index in [-0.39, 0.29) is 42.8 Å². The number of thiol groups is 1. The number of aromatic nitrogens is 2. The third kappa shape index (κ3) is 7.62. The van der Waals surface area contributed by atoms with Gasteiger partial charge in [-0.3, -0.25) is 10.1 Å². The van der Waals surface area contributed by atoms with Gasteiger partial charge in [0, 0.05) is 67.7 Å². The maximum absolute atomic E-state index is 13.6. The van der Waals surface area contributed by atoms with E-state index >= 15 is 0 Å². The van der Waals surface area contributed by atoms with Gasteiger partial charge in [0.15, 0.2) is 0 Å². The average Bonchev–Trinajstić information content (AvgIpc) is 2.90. The SMILES string of the molecule is CC(C)CN(C[C@H]1CN(S(=O)(=O)c2cc([N+](=O)[O-])ccc2S)CCN1c1ncc(C(O)(C(F)(F)F)C(F)(F)F)cn1)S(C)(=O)=O. The molecule has 0 saturated carbocycles. The van der Waals surface area contributed by atoms with Crippen LogP contribution >= 0.6 is 12.6 Å². The minimum atomic E-state index is -6.19. The number of alkyl halides is 6. The number of aliphatic hydroxyl groups is 1. The summed E-state index contributed by atoms with van der Waals surface area (Å²) >= 11 is 4.10. The summed E-state index contributed by atoms with van der Waals surface area (Å²) < 4.78 is 134. The molecule has 1 aromatic heterocycles. The number of rotatable bonds is 10. The van der Waals surface area contributed by atoms with E-state index in [0.717, 1.165) is 33.1 Å². The van der Waals surface area contributed by atoms with Gasteiger partial charge < -0.3 is 10.0 Å². The molecule has 1 aliphatic rings. The van der Waals surface area contributed by atoms with Crippen LogP contribution in [0.1, 0.15) is 19.4 Å². The van der Waals surface area contributed by atoms with E-state index in [2.05, 4.69) is 22.6 Å². The Balaban J connectivity index is 2.08. The lowest BCUT2D eigenvalue weighted by Gasteiger charge is -2.42. The van der Waals surface area contributed by atoms with Crippen LogP contribution in [0.25, 0.3) is 0 Å². The number of nitro groups is 1. The Hall–Kier alpha value is -2.79. The molecule has 2 heterocycles. The molecule has 0 bridgehead atoms. The first-order valence-electron chi connectivity index (χ1n) is 12.8. The van der Waals surface area contributed by atoms with Crippen LogP contribution in [0.3, 0.4) is 0 Å². The van der Waals surface area contributed by atoms with Gasteiger partial charge in [0.25, 0.3) is 11.3 Å². The minimum Gasteiger partial charge on any atom is -0.369 e. The van der Waals surface area contributed by atoms with Gasteiger partial charge in [-0.15, -0.1) is 12.6 Å². The molecule has 13 nitrogen and oxygen atoms in total. The predicted octanol–water partition coefficient (Wildman–Crippen LogP) is 2.78. The number of non-ortho nitro benzene ring substituents is 1. The molecule has 1 N–H and O–H groups in total. The molecule has 0 radical (unpaired) electrons. The highest BCUT2D eigenvalue weighted by molar-refractivity contribution is 7.90. The fourth-order valence-electron chi connectivity index (χ4n) is 4.56. The number of sulfonamides is 2. The van der Waals surface area contributed by atoms with Crippen molar-refractivity contribution in [1.29, 1.82) is 0 Å². The topological polar surface area (TPSA) is 167 Å². The van der Waals surface area contributed by atoms with Crippen LogP contribution in [-0.2, 0) is 25.6 Å². The van der Waals surface area contributed by atoms with Crippen molar-refractivity contribution in [2.75, 3.05) is 43.9 Å². The summed E-state index contributed by atoms with van der Waals surface area (Å²) in [7, 11) is -8.43. The summed E-state index contributed by atoms with van der Waals surface area (Å²) in [6.07, 6.45) is -11.2. The largest absolute Gasteiger partial charge is 0.430 e. The van der Waals surface area contributed by atoms with Gasteiger partial charge in [0.05, 0.1) is 17.2 Å².